The van der Waals surface area contributed by atoms with E-state index in [2.05, 4.69) is 58.3 Å². The van der Waals surface area contributed by atoms with E-state index in [1.54, 1.807) is 0 Å². The molecule has 1 unspecified atom stereocenters. The number of esters is 9. The van der Waals surface area contributed by atoms with Crippen molar-refractivity contribution in [2.24, 2.45) is 51.8 Å². The quantitative estimate of drug-likeness (QED) is 0.00465. The fourth-order valence-electron chi connectivity index (χ4n) is 11.7. The molecule has 55 heteroatoms. The Hall–Kier alpha value is -20.1. The van der Waals surface area contributed by atoms with Crippen molar-refractivity contribution in [2.45, 2.75) is 30.7 Å². The number of hydrogen-bond donors (Lipinski definition) is 15. The molecule has 1 aliphatic heterocycles. The van der Waals surface area contributed by atoms with Crippen molar-refractivity contribution in [1.82, 2.24) is 0 Å². The molecular weight excluding hydrogens is 1780 g/mol. The minimum atomic E-state index is -3.24. The predicted molar refractivity (Wildman–Crippen MR) is 425 cm³/mol. The highest BCUT2D eigenvalue weighted by Crippen LogP contribution is 2.49. The second kappa shape index (κ2) is 38.4. The van der Waals surface area contributed by atoms with Crippen molar-refractivity contribution >= 4 is 116 Å². The lowest BCUT2D eigenvalue weighted by atomic mass is 9.97. The SMILES string of the molecule is C=C(Oc1cc(C(=O)O[C@H]2[C@H](OC(=O)c3cc(N=O)c(O)c(OC(=O)c4cc(O)c(O)c(N=O)c4)c3)[C@@H](OC(=O)c3cc(N=O)c(O)c(OC(=O)c4cc(O)c(N=O)c(O)c4)c3)C(OC(=O)c3cc(O)c(N=O)c(OC(=O)c4cc(O)c(N=O)c(O)c4)c3)O[C@@H]2COC(=O)c2cc(N=O)c(O)c(OC(=O)c3cc(O)c(N=O)c(N=O)c3)c2)cc(N=O)c1O)c1cc(O)c(O)c(O)c1. The molecule has 1 fully saturated rings. The van der Waals surface area contributed by atoms with Crippen LogP contribution in [0.3, 0.4) is 0 Å². The third kappa shape index (κ3) is 19.2. The van der Waals surface area contributed by atoms with Gasteiger partial charge in [0.1, 0.15) is 58.7 Å². The highest BCUT2D eigenvalue weighted by Gasteiger charge is 2.55. The Balaban J connectivity index is 1.13. The van der Waals surface area contributed by atoms with Gasteiger partial charge in [-0.15, -0.1) is 49.1 Å². The molecule has 10 aromatic rings. The number of hydrogen-bond acceptors (Lipinski definition) is 55. The molecule has 55 nitrogen and oxygen atoms in total. The molecule has 672 valence electrons. The Morgan fingerprint density at radius 1 is 0.250 bits per heavy atom. The van der Waals surface area contributed by atoms with Gasteiger partial charge < -0.3 is 129 Å². The summed E-state index contributed by atoms with van der Waals surface area (Å²) in [4.78, 5) is 251. The first-order valence-corrected chi connectivity index (χ1v) is 35.2. The Bertz CT molecular complexity index is 6650. The van der Waals surface area contributed by atoms with Crippen LogP contribution in [-0.2, 0) is 28.4 Å². The van der Waals surface area contributed by atoms with E-state index in [0.717, 1.165) is 0 Å². The summed E-state index contributed by atoms with van der Waals surface area (Å²) in [7, 11) is 0. The normalized spacial score (nSPS) is 14.1. The molecule has 1 heterocycles. The van der Waals surface area contributed by atoms with Gasteiger partial charge in [-0.3, -0.25) is 0 Å². The third-order valence-corrected chi connectivity index (χ3v) is 18.0. The first-order valence-electron chi connectivity index (χ1n) is 35.2. The zero-order chi connectivity index (χ0) is 96.5. The van der Waals surface area contributed by atoms with E-state index in [1.165, 1.54) is 0 Å². The zero-order valence-electron chi connectivity index (χ0n) is 64.3. The van der Waals surface area contributed by atoms with E-state index in [-0.39, 0.29) is 30.3 Å². The molecule has 5 atom stereocenters. The molecule has 10 aromatic carbocycles. The molecule has 0 spiro atoms. The van der Waals surface area contributed by atoms with Crippen molar-refractivity contribution < 1.29 is 172 Å². The van der Waals surface area contributed by atoms with Gasteiger partial charge in [0, 0.05) is 5.56 Å². The lowest BCUT2D eigenvalue weighted by Gasteiger charge is -2.43. The topological polar surface area (TPSA) is 853 Å². The molecule has 132 heavy (non-hydrogen) atoms. The molecular formula is C77H44N10O45. The Kier molecular flexibility index (Phi) is 26.9. The third-order valence-electron chi connectivity index (χ3n) is 18.0. The predicted octanol–water partition coefficient (Wildman–Crippen LogP) is 12.6. The highest BCUT2D eigenvalue weighted by molar-refractivity contribution is 6.01. The fraction of sp³-hybridized carbons (Fsp3) is 0.0779. The van der Waals surface area contributed by atoms with E-state index < -0.39 is 324 Å². The summed E-state index contributed by atoms with van der Waals surface area (Å²) in [6.45, 7) is 1.76. The molecule has 1 saturated heterocycles. The van der Waals surface area contributed by atoms with Crippen LogP contribution in [0.4, 0.5) is 56.9 Å². The van der Waals surface area contributed by atoms with Gasteiger partial charge in [-0.05, 0) is 173 Å². The van der Waals surface area contributed by atoms with E-state index >= 15 is 19.2 Å². The van der Waals surface area contributed by atoms with E-state index in [1.807, 2.05) is 0 Å². The minimum Gasteiger partial charge on any atom is -0.505 e. The molecule has 11 rings (SSSR count). The molecule has 0 radical (unpaired) electrons. The van der Waals surface area contributed by atoms with Gasteiger partial charge in [0.05, 0.1) is 50.1 Å². The molecule has 0 aromatic heterocycles. The van der Waals surface area contributed by atoms with Gasteiger partial charge in [0.2, 0.25) is 12.4 Å². The van der Waals surface area contributed by atoms with Gasteiger partial charge in [0.25, 0.3) is 0 Å². The number of benzene rings is 10. The van der Waals surface area contributed by atoms with Crippen LogP contribution in [0, 0.1) is 49.1 Å². The largest absolute Gasteiger partial charge is 0.505 e. The maximum absolute atomic E-state index is 15.5. The van der Waals surface area contributed by atoms with Gasteiger partial charge in [-0.2, -0.15) is 0 Å². The minimum absolute atomic E-state index is 0.269. The lowest BCUT2D eigenvalue weighted by Crippen LogP contribution is -2.63. The van der Waals surface area contributed by atoms with Crippen LogP contribution in [0.2, 0.25) is 0 Å². The fourth-order valence-corrected chi connectivity index (χ4v) is 11.7. The number of nitrogens with zero attached hydrogens (tertiary/aromatic N) is 10. The summed E-state index contributed by atoms with van der Waals surface area (Å²) in [6, 6.07) is 8.40. The highest BCUT2D eigenvalue weighted by atomic mass is 16.8. The number of carbonyl (C=O) groups is 9. The standard InChI is InChI=1S/C77H44N10O45/c1-23(24-8-47(95)64(102)48(96)9-24)123-50-19-28(5-37(81-115)60(50)98)73(108)129-65-54(22-122-68(103)27-4-36(80-114)61(99)51(18-27)125-69(104)25-2-34(78-112)55(84-118)40(88)10-25)128-77(132-76(111)33-15-45(93)58(87-121)49(17-33)124-71(106)31-11-41(89)56(85-119)42(90)12-31)67(131-75(110)30-7-39(83-117)63(101)53(21-30)127-72(107)32-13-43(91)57(86-120)44(92)14-32)66(65)130-74(109)29-6-38(82-116)62(100)52(20-29)126-70(105)26-3-35(79-113)59(97)46(94)16-26/h2-21,54,65-67,77,88-102H,1,22H2/t54-,65-,66+,67-,77?/m1/s1. The van der Waals surface area contributed by atoms with E-state index in [9.17, 15) is 150 Å². The first kappa shape index (κ1) is 92.6. The average molecular weight is 1830 g/mol. The van der Waals surface area contributed by atoms with Crippen LogP contribution in [-0.4, -0.2) is 168 Å². The second-order valence-corrected chi connectivity index (χ2v) is 26.2. The van der Waals surface area contributed by atoms with Crippen molar-refractivity contribution in [3.63, 3.8) is 0 Å². The average Bonchev–Trinajstić information content (AvgIpc) is 0.760. The molecule has 1 aliphatic rings. The van der Waals surface area contributed by atoms with Gasteiger partial charge in [-0.1, -0.05) is 6.58 Å². The van der Waals surface area contributed by atoms with E-state index in [0.29, 0.717) is 91.0 Å². The van der Waals surface area contributed by atoms with Gasteiger partial charge in [-0.25, -0.2) is 43.2 Å². The van der Waals surface area contributed by atoms with E-state index in [4.69, 9.17) is 52.1 Å². The molecule has 15 N–H and O–H groups in total. The van der Waals surface area contributed by atoms with Crippen LogP contribution in [0.5, 0.6) is 115 Å². The van der Waals surface area contributed by atoms with Crippen molar-refractivity contribution in [3.05, 3.63) is 233 Å². The summed E-state index contributed by atoms with van der Waals surface area (Å²) < 4.78 is 61.4. The van der Waals surface area contributed by atoms with Crippen LogP contribution in [0.25, 0.3) is 5.76 Å². The Labute approximate surface area is 722 Å². The monoisotopic (exact) mass is 1830 g/mol. The van der Waals surface area contributed by atoms with Crippen LogP contribution < -0.4 is 23.7 Å². The van der Waals surface area contributed by atoms with Crippen LogP contribution in [0.15, 0.2) is 180 Å². The number of rotatable bonds is 32. The van der Waals surface area contributed by atoms with Crippen molar-refractivity contribution in [3.8, 4) is 115 Å². The number of phenolic OH excluding ortho intramolecular Hbond substituents is 15. The summed E-state index contributed by atoms with van der Waals surface area (Å²) >= 11 is 0. The number of phenols is 15. The number of carbonyl (C=O) groups excluding carboxylic acids is 9. The Morgan fingerprint density at radius 3 is 0.894 bits per heavy atom. The number of nitroso groups, excluding NO2 is 10. The Morgan fingerprint density at radius 2 is 0.515 bits per heavy atom. The van der Waals surface area contributed by atoms with Crippen molar-refractivity contribution in [1.29, 1.82) is 0 Å². The summed E-state index contributed by atoms with van der Waals surface area (Å²) in [5.74, 6) is -43.2. The number of aromatic hydroxyl groups is 15. The maximum atomic E-state index is 15.5. The zero-order valence-corrected chi connectivity index (χ0v) is 64.3. The van der Waals surface area contributed by atoms with Crippen molar-refractivity contribution in [2.75, 3.05) is 6.61 Å². The molecule has 0 aliphatic carbocycles. The van der Waals surface area contributed by atoms with Gasteiger partial charge in [0.15, 0.2) is 144 Å². The summed E-state index contributed by atoms with van der Waals surface area (Å²) in [6.07, 6.45) is -15.6. The summed E-state index contributed by atoms with van der Waals surface area (Å²) in [5.41, 5.74) is -21.7. The van der Waals surface area contributed by atoms with Crippen LogP contribution in [0.1, 0.15) is 98.8 Å². The smallest absolute Gasteiger partial charge is 0.343 e. The lowest BCUT2D eigenvalue weighted by molar-refractivity contribution is -0.282. The molecule has 0 saturated carbocycles. The number of ether oxygens (including phenoxy) is 11. The summed E-state index contributed by atoms with van der Waals surface area (Å²) in [5, 5.41) is 184. The van der Waals surface area contributed by atoms with Crippen LogP contribution >= 0.6 is 0 Å². The first-order chi connectivity index (χ1) is 62.7. The molecule has 0 amide bonds. The van der Waals surface area contributed by atoms with Gasteiger partial charge >= 0.3 is 53.7 Å². The molecule has 0 bridgehead atoms. The maximum Gasteiger partial charge on any atom is 0.343 e. The second-order valence-electron chi connectivity index (χ2n) is 26.2.